The summed E-state index contributed by atoms with van der Waals surface area (Å²) >= 11 is 8.32. The molecule has 0 saturated heterocycles. The van der Waals surface area contributed by atoms with Crippen LogP contribution in [0.3, 0.4) is 0 Å². The molecule has 0 radical (unpaired) electrons. The summed E-state index contributed by atoms with van der Waals surface area (Å²) in [5.74, 6) is -1.05. The zero-order valence-corrected chi connectivity index (χ0v) is 11.1. The van der Waals surface area contributed by atoms with Crippen LogP contribution in [-0.2, 0) is 6.54 Å². The first-order valence-corrected chi connectivity index (χ1v) is 6.69. The van der Waals surface area contributed by atoms with Crippen molar-refractivity contribution in [3.63, 3.8) is 0 Å². The Morgan fingerprint density at radius 1 is 1.65 bits per heavy atom. The number of carboxylic acid groups (broad SMARTS) is 1. The molecule has 0 spiro atoms. The topological polar surface area (TPSA) is 66.3 Å². The van der Waals surface area contributed by atoms with Gasteiger partial charge in [-0.3, -0.25) is 0 Å². The third kappa shape index (κ3) is 2.74. The Morgan fingerprint density at radius 3 is 2.94 bits per heavy atom. The van der Waals surface area contributed by atoms with Crippen molar-refractivity contribution in [3.05, 3.63) is 26.6 Å². The lowest BCUT2D eigenvalue weighted by Crippen LogP contribution is -2.16. The van der Waals surface area contributed by atoms with Gasteiger partial charge in [-0.1, -0.05) is 22.9 Å². The van der Waals surface area contributed by atoms with Crippen molar-refractivity contribution in [2.75, 3.05) is 11.9 Å². The molecule has 2 aromatic heterocycles. The highest BCUT2D eigenvalue weighted by Crippen LogP contribution is 2.29. The number of anilines is 1. The minimum Gasteiger partial charge on any atom is -0.477 e. The predicted octanol–water partition coefficient (Wildman–Crippen LogP) is 2.59. The van der Waals surface area contributed by atoms with Crippen LogP contribution in [0.15, 0.2) is 10.9 Å². The largest absolute Gasteiger partial charge is 0.477 e. The van der Waals surface area contributed by atoms with Gasteiger partial charge in [-0.25, -0.2) is 14.8 Å². The second-order valence-corrected chi connectivity index (χ2v) is 5.31. The first-order valence-electron chi connectivity index (χ1n) is 4.55. The van der Waals surface area contributed by atoms with Crippen LogP contribution in [0.5, 0.6) is 0 Å². The van der Waals surface area contributed by atoms with E-state index in [9.17, 15) is 4.79 Å². The van der Waals surface area contributed by atoms with Crippen LogP contribution >= 0.6 is 34.3 Å². The predicted molar refractivity (Wildman–Crippen MR) is 68.3 cm³/mol. The van der Waals surface area contributed by atoms with Gasteiger partial charge in [0.25, 0.3) is 0 Å². The maximum atomic E-state index is 10.8. The van der Waals surface area contributed by atoms with Crippen LogP contribution in [0.2, 0.25) is 5.15 Å². The van der Waals surface area contributed by atoms with Gasteiger partial charge in [-0.2, -0.15) is 0 Å². The summed E-state index contributed by atoms with van der Waals surface area (Å²) in [5, 5.41) is 11.4. The molecule has 90 valence electrons. The van der Waals surface area contributed by atoms with E-state index in [1.54, 1.807) is 5.51 Å². The molecule has 0 unspecified atom stereocenters. The summed E-state index contributed by atoms with van der Waals surface area (Å²) in [7, 11) is 1.82. The van der Waals surface area contributed by atoms with E-state index in [0.29, 0.717) is 11.7 Å². The van der Waals surface area contributed by atoms with Crippen molar-refractivity contribution in [2.24, 2.45) is 0 Å². The molecule has 0 atom stereocenters. The van der Waals surface area contributed by atoms with Crippen molar-refractivity contribution in [1.29, 1.82) is 0 Å². The Kier molecular flexibility index (Phi) is 3.60. The molecule has 2 aromatic rings. The Bertz CT molecular complexity index is 526. The van der Waals surface area contributed by atoms with Gasteiger partial charge >= 0.3 is 5.97 Å². The van der Waals surface area contributed by atoms with Crippen LogP contribution in [-0.4, -0.2) is 28.1 Å². The van der Waals surface area contributed by atoms with E-state index in [-0.39, 0.29) is 10.0 Å². The van der Waals surface area contributed by atoms with E-state index < -0.39 is 5.97 Å². The molecule has 0 amide bonds. The van der Waals surface area contributed by atoms with Crippen molar-refractivity contribution < 1.29 is 9.90 Å². The number of carbonyl (C=O) groups is 1. The summed E-state index contributed by atoms with van der Waals surface area (Å²) in [5.41, 5.74) is 2.67. The Hall–Kier alpha value is -1.18. The molecule has 1 N–H and O–H groups in total. The second-order valence-electron chi connectivity index (χ2n) is 3.26. The summed E-state index contributed by atoms with van der Waals surface area (Å²) in [6, 6.07) is 0. The fourth-order valence-corrected chi connectivity index (χ4v) is 2.85. The van der Waals surface area contributed by atoms with Gasteiger partial charge in [0.1, 0.15) is 0 Å². The van der Waals surface area contributed by atoms with Gasteiger partial charge in [0, 0.05) is 12.4 Å². The third-order valence-corrected chi connectivity index (χ3v) is 4.16. The number of halogens is 1. The van der Waals surface area contributed by atoms with E-state index >= 15 is 0 Å². The number of hydrogen-bond donors (Lipinski definition) is 1. The number of hydrogen-bond acceptors (Lipinski definition) is 6. The molecule has 0 fully saturated rings. The van der Waals surface area contributed by atoms with Crippen molar-refractivity contribution >= 4 is 45.4 Å². The lowest BCUT2D eigenvalue weighted by atomic mass is 10.5. The van der Waals surface area contributed by atoms with Gasteiger partial charge in [-0.15, -0.1) is 11.3 Å². The smallest absolute Gasteiger partial charge is 0.349 e. The fourth-order valence-electron chi connectivity index (χ4n) is 1.21. The van der Waals surface area contributed by atoms with E-state index in [4.69, 9.17) is 16.7 Å². The van der Waals surface area contributed by atoms with Gasteiger partial charge in [0.05, 0.1) is 17.7 Å². The van der Waals surface area contributed by atoms with E-state index in [1.807, 2.05) is 17.3 Å². The molecular weight excluding hydrogens is 282 g/mol. The first-order chi connectivity index (χ1) is 8.08. The Balaban J connectivity index is 2.17. The summed E-state index contributed by atoms with van der Waals surface area (Å²) in [6.45, 7) is 0.576. The van der Waals surface area contributed by atoms with Crippen molar-refractivity contribution in [2.45, 2.75) is 6.54 Å². The zero-order chi connectivity index (χ0) is 12.4. The number of thiazole rings is 2. The third-order valence-electron chi connectivity index (χ3n) is 1.98. The summed E-state index contributed by atoms with van der Waals surface area (Å²) in [4.78, 5) is 20.9. The highest BCUT2D eigenvalue weighted by Gasteiger charge is 2.18. The molecule has 2 heterocycles. The van der Waals surface area contributed by atoms with E-state index in [0.717, 1.165) is 17.0 Å². The Morgan fingerprint density at radius 2 is 2.41 bits per heavy atom. The van der Waals surface area contributed by atoms with Gasteiger partial charge < -0.3 is 10.0 Å². The number of carboxylic acids is 1. The van der Waals surface area contributed by atoms with E-state index in [2.05, 4.69) is 9.97 Å². The fraction of sp³-hybridized carbons (Fsp3) is 0.222. The number of nitrogens with zero attached hydrogens (tertiary/aromatic N) is 3. The summed E-state index contributed by atoms with van der Waals surface area (Å²) < 4.78 is 0. The van der Waals surface area contributed by atoms with Gasteiger partial charge in [0.2, 0.25) is 0 Å². The number of aromatic carboxylic acids is 1. The maximum absolute atomic E-state index is 10.8. The highest BCUT2D eigenvalue weighted by molar-refractivity contribution is 7.18. The lowest BCUT2D eigenvalue weighted by molar-refractivity contribution is 0.0702. The normalized spacial score (nSPS) is 10.5. The molecule has 8 heteroatoms. The average molecular weight is 290 g/mol. The molecule has 17 heavy (non-hydrogen) atoms. The molecular formula is C9H8ClN3O2S2. The zero-order valence-electron chi connectivity index (χ0n) is 8.75. The minimum absolute atomic E-state index is 0.0302. The monoisotopic (exact) mass is 289 g/mol. The quantitative estimate of drug-likeness (QED) is 0.937. The average Bonchev–Trinajstić information content (AvgIpc) is 2.86. The van der Waals surface area contributed by atoms with E-state index in [1.165, 1.54) is 11.3 Å². The molecule has 0 aromatic carbocycles. The molecule has 0 saturated carbocycles. The first kappa shape index (κ1) is 12.3. The molecule has 0 aliphatic carbocycles. The number of rotatable bonds is 4. The molecule has 0 aliphatic rings. The molecule has 2 rings (SSSR count). The molecule has 5 nitrogen and oxygen atoms in total. The van der Waals surface area contributed by atoms with Crippen molar-refractivity contribution in [1.82, 2.24) is 9.97 Å². The Labute approximate surface area is 110 Å². The number of aromatic nitrogens is 2. The van der Waals surface area contributed by atoms with Crippen molar-refractivity contribution in [3.8, 4) is 0 Å². The molecule has 0 bridgehead atoms. The SMILES string of the molecule is CN(Cc1cscn1)c1nc(Cl)c(C(=O)O)s1. The molecule has 0 aliphatic heterocycles. The maximum Gasteiger partial charge on any atom is 0.349 e. The second kappa shape index (κ2) is 4.99. The van der Waals surface area contributed by atoms with Crippen LogP contribution in [0.1, 0.15) is 15.4 Å². The van der Waals surface area contributed by atoms with Crippen LogP contribution in [0.4, 0.5) is 5.13 Å². The van der Waals surface area contributed by atoms with Gasteiger partial charge in [-0.05, 0) is 0 Å². The summed E-state index contributed by atoms with van der Waals surface area (Å²) in [6.07, 6.45) is 0. The highest BCUT2D eigenvalue weighted by atomic mass is 35.5. The lowest BCUT2D eigenvalue weighted by Gasteiger charge is -2.13. The minimum atomic E-state index is -1.05. The van der Waals surface area contributed by atoms with Gasteiger partial charge in [0.15, 0.2) is 15.2 Å². The van der Waals surface area contributed by atoms with Crippen LogP contribution < -0.4 is 4.90 Å². The standard InChI is InChI=1S/C9H8ClN3O2S2/c1-13(2-5-3-16-4-11-5)9-12-7(10)6(17-9)8(14)15/h3-4H,2H2,1H3,(H,14,15). The van der Waals surface area contributed by atoms with Crippen LogP contribution in [0, 0.1) is 0 Å². The van der Waals surface area contributed by atoms with Crippen LogP contribution in [0.25, 0.3) is 0 Å².